The number of alkyl halides is 2. The second kappa shape index (κ2) is 6.40. The van der Waals surface area contributed by atoms with E-state index < -0.39 is 13.0 Å². The Bertz CT molecular complexity index is 303. The zero-order valence-corrected chi connectivity index (χ0v) is 8.81. The van der Waals surface area contributed by atoms with Gasteiger partial charge in [-0.25, -0.2) is 8.78 Å². The van der Waals surface area contributed by atoms with Gasteiger partial charge in [0.1, 0.15) is 0 Å². The van der Waals surface area contributed by atoms with E-state index in [0.717, 1.165) is 5.56 Å². The van der Waals surface area contributed by atoms with Crippen LogP contribution >= 0.6 is 0 Å². The number of nitrogens with zero attached hydrogens (tertiary/aromatic N) is 1. The molecule has 5 heteroatoms. The second-order valence-electron chi connectivity index (χ2n) is 3.39. The molecule has 0 amide bonds. The highest BCUT2D eigenvalue weighted by molar-refractivity contribution is 5.47. The summed E-state index contributed by atoms with van der Waals surface area (Å²) in [6, 6.07) is 6.66. The summed E-state index contributed by atoms with van der Waals surface area (Å²) < 4.78 is 24.6. The highest BCUT2D eigenvalue weighted by Crippen LogP contribution is 2.16. The van der Waals surface area contributed by atoms with Gasteiger partial charge in [0.25, 0.3) is 6.43 Å². The molecule has 0 aliphatic heterocycles. The van der Waals surface area contributed by atoms with Crippen molar-refractivity contribution in [1.29, 1.82) is 0 Å². The van der Waals surface area contributed by atoms with Crippen molar-refractivity contribution in [2.24, 2.45) is 0 Å². The molecule has 90 valence electrons. The smallest absolute Gasteiger partial charge is 0.255 e. The van der Waals surface area contributed by atoms with E-state index in [9.17, 15) is 8.78 Å². The number of hydrogen-bond donors (Lipinski definition) is 2. The molecule has 0 aliphatic rings. The van der Waals surface area contributed by atoms with Gasteiger partial charge in [-0.15, -0.1) is 0 Å². The van der Waals surface area contributed by atoms with E-state index in [0.29, 0.717) is 5.69 Å². The average molecular weight is 231 g/mol. The lowest BCUT2D eigenvalue weighted by Gasteiger charge is -2.23. The standard InChI is InChI=1S/C11H15F2NO2/c12-11(13)7-14(5-6-15)10-3-1-9(8-16)2-4-10/h1-4,11,15-16H,5-8H2. The molecule has 0 radical (unpaired) electrons. The predicted molar refractivity (Wildman–Crippen MR) is 57.7 cm³/mol. The molecule has 0 aliphatic carbocycles. The molecule has 0 saturated carbocycles. The minimum atomic E-state index is -2.44. The van der Waals surface area contributed by atoms with Crippen LogP contribution in [0.5, 0.6) is 0 Å². The minimum Gasteiger partial charge on any atom is -0.395 e. The quantitative estimate of drug-likeness (QED) is 0.774. The molecule has 2 N–H and O–H groups in total. The summed E-state index contributed by atoms with van der Waals surface area (Å²) in [5, 5.41) is 17.6. The number of benzene rings is 1. The third-order valence-electron chi connectivity index (χ3n) is 2.21. The first-order valence-electron chi connectivity index (χ1n) is 5.01. The van der Waals surface area contributed by atoms with E-state index >= 15 is 0 Å². The number of halogens is 2. The summed E-state index contributed by atoms with van der Waals surface area (Å²) in [7, 11) is 0. The zero-order chi connectivity index (χ0) is 12.0. The number of anilines is 1. The Kier molecular flexibility index (Phi) is 5.14. The molecule has 1 aromatic rings. The summed E-state index contributed by atoms with van der Waals surface area (Å²) in [5.74, 6) is 0. The molecular formula is C11H15F2NO2. The Morgan fingerprint density at radius 2 is 1.75 bits per heavy atom. The van der Waals surface area contributed by atoms with Crippen molar-refractivity contribution in [3.05, 3.63) is 29.8 Å². The Balaban J connectivity index is 2.75. The van der Waals surface area contributed by atoms with Gasteiger partial charge in [0, 0.05) is 12.2 Å². The molecule has 0 saturated heterocycles. The summed E-state index contributed by atoms with van der Waals surface area (Å²) in [5.41, 5.74) is 1.34. The van der Waals surface area contributed by atoms with Gasteiger partial charge in [-0.2, -0.15) is 0 Å². The highest BCUT2D eigenvalue weighted by atomic mass is 19.3. The van der Waals surface area contributed by atoms with Crippen LogP contribution in [0.3, 0.4) is 0 Å². The average Bonchev–Trinajstić information content (AvgIpc) is 2.28. The zero-order valence-electron chi connectivity index (χ0n) is 8.81. The van der Waals surface area contributed by atoms with Crippen molar-refractivity contribution in [3.63, 3.8) is 0 Å². The maximum atomic E-state index is 12.3. The molecule has 1 rings (SSSR count). The molecular weight excluding hydrogens is 216 g/mol. The van der Waals surface area contributed by atoms with Gasteiger partial charge in [0.2, 0.25) is 0 Å². The van der Waals surface area contributed by atoms with E-state index in [-0.39, 0.29) is 19.8 Å². The van der Waals surface area contributed by atoms with Crippen molar-refractivity contribution < 1.29 is 19.0 Å². The highest BCUT2D eigenvalue weighted by Gasteiger charge is 2.12. The van der Waals surface area contributed by atoms with E-state index in [4.69, 9.17) is 10.2 Å². The fourth-order valence-electron chi connectivity index (χ4n) is 1.43. The van der Waals surface area contributed by atoms with Crippen LogP contribution in [0, 0.1) is 0 Å². The number of aliphatic hydroxyl groups is 2. The third-order valence-corrected chi connectivity index (χ3v) is 2.21. The van der Waals surface area contributed by atoms with Gasteiger partial charge in [-0.05, 0) is 17.7 Å². The van der Waals surface area contributed by atoms with Crippen LogP contribution in [-0.4, -0.2) is 36.3 Å². The first-order chi connectivity index (χ1) is 7.67. The maximum Gasteiger partial charge on any atom is 0.255 e. The molecule has 0 heterocycles. The van der Waals surface area contributed by atoms with Crippen LogP contribution in [0.25, 0.3) is 0 Å². The van der Waals surface area contributed by atoms with Gasteiger partial charge < -0.3 is 15.1 Å². The number of rotatable bonds is 6. The van der Waals surface area contributed by atoms with Crippen LogP contribution in [0.15, 0.2) is 24.3 Å². The Labute approximate surface area is 92.9 Å². The fraction of sp³-hybridized carbons (Fsp3) is 0.455. The second-order valence-corrected chi connectivity index (χ2v) is 3.39. The van der Waals surface area contributed by atoms with E-state index in [1.165, 1.54) is 4.90 Å². The van der Waals surface area contributed by atoms with Gasteiger partial charge in [0.15, 0.2) is 0 Å². The monoisotopic (exact) mass is 231 g/mol. The molecule has 0 aromatic heterocycles. The van der Waals surface area contributed by atoms with Crippen LogP contribution in [0.4, 0.5) is 14.5 Å². The molecule has 1 aromatic carbocycles. The lowest BCUT2D eigenvalue weighted by molar-refractivity contribution is 0.153. The first kappa shape index (κ1) is 12.9. The lowest BCUT2D eigenvalue weighted by Crippen LogP contribution is -2.31. The number of aliphatic hydroxyl groups excluding tert-OH is 2. The molecule has 0 bridgehead atoms. The van der Waals surface area contributed by atoms with Crippen molar-refractivity contribution in [1.82, 2.24) is 0 Å². The van der Waals surface area contributed by atoms with Crippen molar-refractivity contribution >= 4 is 5.69 Å². The third kappa shape index (κ3) is 3.75. The SMILES string of the molecule is OCCN(CC(F)F)c1ccc(CO)cc1. The lowest BCUT2D eigenvalue weighted by atomic mass is 10.2. The van der Waals surface area contributed by atoms with Crippen molar-refractivity contribution in [2.45, 2.75) is 13.0 Å². The first-order valence-corrected chi connectivity index (χ1v) is 5.01. The molecule has 16 heavy (non-hydrogen) atoms. The summed E-state index contributed by atoms with van der Waals surface area (Å²) >= 11 is 0. The number of hydrogen-bond acceptors (Lipinski definition) is 3. The molecule has 0 fully saturated rings. The largest absolute Gasteiger partial charge is 0.395 e. The molecule has 3 nitrogen and oxygen atoms in total. The van der Waals surface area contributed by atoms with Crippen LogP contribution < -0.4 is 4.90 Å². The molecule has 0 spiro atoms. The summed E-state index contributed by atoms with van der Waals surface area (Å²) in [6.45, 7) is -0.481. The van der Waals surface area contributed by atoms with E-state index in [1.54, 1.807) is 24.3 Å². The normalized spacial score (nSPS) is 10.8. The minimum absolute atomic E-state index is 0.0743. The van der Waals surface area contributed by atoms with Gasteiger partial charge in [-0.1, -0.05) is 12.1 Å². The Morgan fingerprint density at radius 1 is 1.12 bits per heavy atom. The Hall–Kier alpha value is -1.20. The van der Waals surface area contributed by atoms with Crippen molar-refractivity contribution in [2.75, 3.05) is 24.6 Å². The van der Waals surface area contributed by atoms with Gasteiger partial charge in [-0.3, -0.25) is 0 Å². The van der Waals surface area contributed by atoms with E-state index in [1.807, 2.05) is 0 Å². The summed E-state index contributed by atoms with van der Waals surface area (Å²) in [4.78, 5) is 1.41. The van der Waals surface area contributed by atoms with Gasteiger partial charge >= 0.3 is 0 Å². The van der Waals surface area contributed by atoms with Gasteiger partial charge in [0.05, 0.1) is 19.8 Å². The molecule has 0 atom stereocenters. The fourth-order valence-corrected chi connectivity index (χ4v) is 1.43. The van der Waals surface area contributed by atoms with Crippen LogP contribution in [0.1, 0.15) is 5.56 Å². The molecule has 0 unspecified atom stereocenters. The topological polar surface area (TPSA) is 43.7 Å². The Morgan fingerprint density at radius 3 is 2.19 bits per heavy atom. The van der Waals surface area contributed by atoms with Crippen molar-refractivity contribution in [3.8, 4) is 0 Å². The van der Waals surface area contributed by atoms with Crippen LogP contribution in [-0.2, 0) is 6.61 Å². The maximum absolute atomic E-state index is 12.3. The summed E-state index contributed by atoms with van der Waals surface area (Å²) in [6.07, 6.45) is -2.44. The van der Waals surface area contributed by atoms with Crippen LogP contribution in [0.2, 0.25) is 0 Å². The predicted octanol–water partition coefficient (Wildman–Crippen LogP) is 1.24. The van der Waals surface area contributed by atoms with E-state index in [2.05, 4.69) is 0 Å².